The molecule has 0 radical (unpaired) electrons. The number of nitrogens with zero attached hydrogens (tertiary/aromatic N) is 3. The first-order valence-electron chi connectivity index (χ1n) is 12.4. The smallest absolute Gasteiger partial charge is 0.296 e. The molecule has 0 spiro atoms. The summed E-state index contributed by atoms with van der Waals surface area (Å²) in [5.74, 6) is -0.683. The quantitative estimate of drug-likeness (QED) is 0.258. The van der Waals surface area contributed by atoms with Crippen LogP contribution in [0, 0.1) is 12.7 Å². The van der Waals surface area contributed by atoms with E-state index in [9.17, 15) is 9.18 Å². The van der Waals surface area contributed by atoms with E-state index < -0.39 is 11.7 Å². The number of carbonyl (C=O) groups excluding carboxylic acids is 1. The van der Waals surface area contributed by atoms with Crippen molar-refractivity contribution in [2.24, 2.45) is 0 Å². The Morgan fingerprint density at radius 1 is 1.18 bits per heavy atom. The molecular formula is C29H33FN4O3S. The summed E-state index contributed by atoms with van der Waals surface area (Å²) in [5.41, 5.74) is 4.90. The lowest BCUT2D eigenvalue weighted by atomic mass is 9.98. The van der Waals surface area contributed by atoms with Crippen molar-refractivity contribution >= 4 is 22.4 Å². The van der Waals surface area contributed by atoms with Crippen molar-refractivity contribution in [1.29, 1.82) is 0 Å². The topological polar surface area (TPSA) is 86.2 Å². The molecule has 2 aromatic heterocycles. The fraction of sp³-hybridized carbons (Fsp3) is 0.310. The van der Waals surface area contributed by atoms with Gasteiger partial charge in [0.2, 0.25) is 5.13 Å². The molecule has 0 saturated carbocycles. The zero-order chi connectivity index (χ0) is 27.7. The van der Waals surface area contributed by atoms with Crippen molar-refractivity contribution in [3.8, 4) is 22.1 Å². The molecule has 0 aliphatic carbocycles. The maximum absolute atomic E-state index is 14.8. The number of benzene rings is 1. The number of anilines is 1. The van der Waals surface area contributed by atoms with Crippen LogP contribution < -0.4 is 14.8 Å². The van der Waals surface area contributed by atoms with Crippen molar-refractivity contribution in [3.05, 3.63) is 82.5 Å². The molecule has 1 aromatic carbocycles. The van der Waals surface area contributed by atoms with E-state index in [1.807, 2.05) is 6.92 Å². The highest BCUT2D eigenvalue weighted by molar-refractivity contribution is 7.17. The Hall–Kier alpha value is -3.85. The zero-order valence-corrected chi connectivity index (χ0v) is 23.4. The molecule has 1 amide bonds. The largest absolute Gasteiger partial charge is 0.496 e. The molecule has 38 heavy (non-hydrogen) atoms. The Kier molecular flexibility index (Phi) is 10.3. The van der Waals surface area contributed by atoms with Gasteiger partial charge in [0.15, 0.2) is 0 Å². The number of aromatic nitrogens is 3. The van der Waals surface area contributed by atoms with Crippen molar-refractivity contribution in [3.63, 3.8) is 0 Å². The normalized spacial score (nSPS) is 12.4. The van der Waals surface area contributed by atoms with Gasteiger partial charge in [-0.05, 0) is 68.7 Å². The molecule has 0 bridgehead atoms. The third-order valence-corrected chi connectivity index (χ3v) is 6.84. The van der Waals surface area contributed by atoms with Crippen LogP contribution >= 0.6 is 11.3 Å². The van der Waals surface area contributed by atoms with Crippen LogP contribution in [0.15, 0.2) is 65.4 Å². The molecule has 7 nitrogen and oxygen atoms in total. The van der Waals surface area contributed by atoms with Gasteiger partial charge in [0.1, 0.15) is 18.2 Å². The minimum atomic E-state index is -0.503. The van der Waals surface area contributed by atoms with Gasteiger partial charge in [0, 0.05) is 17.5 Å². The van der Waals surface area contributed by atoms with Gasteiger partial charge in [-0.15, -0.1) is 5.10 Å². The fourth-order valence-electron chi connectivity index (χ4n) is 3.67. The number of aryl methyl sites for hydroxylation is 1. The van der Waals surface area contributed by atoms with Gasteiger partial charge in [-0.2, -0.15) is 0 Å². The van der Waals surface area contributed by atoms with E-state index in [1.54, 1.807) is 25.1 Å². The minimum absolute atomic E-state index is 0.182. The summed E-state index contributed by atoms with van der Waals surface area (Å²) in [6.07, 6.45) is 9.53. The van der Waals surface area contributed by atoms with E-state index in [2.05, 4.69) is 59.5 Å². The molecule has 200 valence electrons. The van der Waals surface area contributed by atoms with Gasteiger partial charge < -0.3 is 9.47 Å². The van der Waals surface area contributed by atoms with E-state index in [0.29, 0.717) is 28.8 Å². The summed E-state index contributed by atoms with van der Waals surface area (Å²) in [6, 6.07) is 6.17. The van der Waals surface area contributed by atoms with Gasteiger partial charge in [-0.1, -0.05) is 54.4 Å². The first-order chi connectivity index (χ1) is 18.3. The Balaban J connectivity index is 1.79. The predicted octanol–water partition coefficient (Wildman–Crippen LogP) is 7.33. The Labute approximate surface area is 227 Å². The van der Waals surface area contributed by atoms with Crippen LogP contribution in [-0.2, 0) is 0 Å². The number of allylic oxidation sites excluding steroid dienone is 4. The van der Waals surface area contributed by atoms with Crippen molar-refractivity contribution in [1.82, 2.24) is 15.2 Å². The van der Waals surface area contributed by atoms with E-state index in [1.165, 1.54) is 30.5 Å². The van der Waals surface area contributed by atoms with Crippen molar-refractivity contribution in [2.45, 2.75) is 47.5 Å². The van der Waals surface area contributed by atoms with Gasteiger partial charge in [0.05, 0.1) is 18.2 Å². The van der Waals surface area contributed by atoms with Gasteiger partial charge in [-0.25, -0.2) is 4.39 Å². The molecule has 9 heteroatoms. The molecule has 1 N–H and O–H groups in total. The predicted molar refractivity (Wildman–Crippen MR) is 150 cm³/mol. The number of hydrogen-bond acceptors (Lipinski definition) is 7. The number of halogens is 1. The first kappa shape index (κ1) is 28.7. The molecule has 0 aliphatic rings. The second kappa shape index (κ2) is 13.6. The molecule has 3 rings (SSSR count). The third kappa shape index (κ3) is 7.13. The Morgan fingerprint density at radius 3 is 2.66 bits per heavy atom. The van der Waals surface area contributed by atoms with Crippen LogP contribution in [0.25, 0.3) is 11.1 Å². The maximum atomic E-state index is 14.8. The maximum Gasteiger partial charge on any atom is 0.296 e. The highest BCUT2D eigenvalue weighted by Crippen LogP contribution is 2.35. The van der Waals surface area contributed by atoms with E-state index in [4.69, 9.17) is 9.47 Å². The monoisotopic (exact) mass is 536 g/mol. The summed E-state index contributed by atoms with van der Waals surface area (Å²) >= 11 is 1.11. The lowest BCUT2D eigenvalue weighted by Crippen LogP contribution is -2.14. The van der Waals surface area contributed by atoms with Gasteiger partial charge >= 0.3 is 0 Å². The molecule has 0 fully saturated rings. The van der Waals surface area contributed by atoms with E-state index in [-0.39, 0.29) is 16.3 Å². The van der Waals surface area contributed by atoms with Crippen molar-refractivity contribution < 1.29 is 18.7 Å². The molecule has 2 heterocycles. The molecule has 0 aliphatic heterocycles. The summed E-state index contributed by atoms with van der Waals surface area (Å²) in [7, 11) is 1.45. The zero-order valence-electron chi connectivity index (χ0n) is 22.6. The molecule has 3 aromatic rings. The van der Waals surface area contributed by atoms with E-state index in [0.717, 1.165) is 29.8 Å². The SMILES string of the molecule is C/C=C(\C=C/C(COc1nnc(NC(=O)c2cnc(C)cc2-c2c(F)cccc2OC)s1)=C(C)CC)CC. The van der Waals surface area contributed by atoms with Crippen LogP contribution in [0.4, 0.5) is 9.52 Å². The van der Waals surface area contributed by atoms with Gasteiger partial charge in [0.25, 0.3) is 11.1 Å². The van der Waals surface area contributed by atoms with Crippen LogP contribution in [0.3, 0.4) is 0 Å². The van der Waals surface area contributed by atoms with Crippen LogP contribution in [0.2, 0.25) is 0 Å². The number of nitrogens with one attached hydrogen (secondary N) is 1. The highest BCUT2D eigenvalue weighted by atomic mass is 32.1. The number of hydrogen-bond donors (Lipinski definition) is 1. The number of ether oxygens (including phenoxy) is 2. The van der Waals surface area contributed by atoms with E-state index >= 15 is 0 Å². The standard InChI is InChI=1S/C29H33FN4O3S/c1-7-18(4)21(14-13-20(8-2)9-3)17-37-29-34-33-28(38-29)32-27(35)23-16-31-19(5)15-22(23)26-24(30)11-10-12-25(26)36-6/h8,10-16H,7,9,17H2,1-6H3,(H,32,33,35)/b14-13-,20-8-,21-18?. The molecule has 0 atom stereocenters. The minimum Gasteiger partial charge on any atom is -0.496 e. The summed E-state index contributed by atoms with van der Waals surface area (Å²) in [4.78, 5) is 17.4. The molecule has 0 saturated heterocycles. The Morgan fingerprint density at radius 2 is 1.97 bits per heavy atom. The number of amides is 1. The Bertz CT molecular complexity index is 1380. The van der Waals surface area contributed by atoms with Crippen LogP contribution in [0.1, 0.15) is 56.6 Å². The summed E-state index contributed by atoms with van der Waals surface area (Å²) in [6.45, 7) is 10.4. The number of carbonyl (C=O) groups is 1. The average Bonchev–Trinajstić information content (AvgIpc) is 3.37. The lowest BCUT2D eigenvalue weighted by molar-refractivity contribution is 0.102. The summed E-state index contributed by atoms with van der Waals surface area (Å²) < 4.78 is 26.1. The third-order valence-electron chi connectivity index (χ3n) is 6.08. The number of rotatable bonds is 11. The lowest BCUT2D eigenvalue weighted by Gasteiger charge is -2.14. The highest BCUT2D eigenvalue weighted by Gasteiger charge is 2.21. The average molecular weight is 537 g/mol. The van der Waals surface area contributed by atoms with Crippen LogP contribution in [0.5, 0.6) is 10.9 Å². The molecular weight excluding hydrogens is 503 g/mol. The van der Waals surface area contributed by atoms with Gasteiger partial charge in [-0.3, -0.25) is 15.1 Å². The van der Waals surface area contributed by atoms with Crippen LogP contribution in [-0.4, -0.2) is 34.8 Å². The second-order valence-electron chi connectivity index (χ2n) is 8.51. The summed E-state index contributed by atoms with van der Waals surface area (Å²) in [5, 5.41) is 11.4. The fourth-order valence-corrected chi connectivity index (χ4v) is 4.26. The number of pyridine rings is 1. The second-order valence-corrected chi connectivity index (χ2v) is 9.45. The number of methoxy groups -OCH3 is 1. The van der Waals surface area contributed by atoms with Crippen molar-refractivity contribution in [2.75, 3.05) is 19.0 Å². The first-order valence-corrected chi connectivity index (χ1v) is 13.2. The molecule has 0 unspecified atom stereocenters.